The van der Waals surface area contributed by atoms with Gasteiger partial charge < -0.3 is 4.42 Å². The van der Waals surface area contributed by atoms with E-state index < -0.39 is 32.5 Å². The first-order valence-electron chi connectivity index (χ1n) is 11.5. The highest BCUT2D eigenvalue weighted by Gasteiger charge is 2.36. The van der Waals surface area contributed by atoms with E-state index in [0.29, 0.717) is 22.0 Å². The molecule has 12 heteroatoms. The predicted molar refractivity (Wildman–Crippen MR) is 137 cm³/mol. The van der Waals surface area contributed by atoms with E-state index >= 15 is 0 Å². The number of aryl methyl sites for hydroxylation is 1. The van der Waals surface area contributed by atoms with Crippen molar-refractivity contribution in [3.63, 3.8) is 0 Å². The lowest BCUT2D eigenvalue weighted by Crippen LogP contribution is -2.44. The molecule has 194 valence electrons. The largest absolute Gasteiger partial charge is 0.467 e. The summed E-state index contributed by atoms with van der Waals surface area (Å²) in [6, 6.07) is 9.43. The summed E-state index contributed by atoms with van der Waals surface area (Å²) in [5.41, 5.74) is 1.64. The van der Waals surface area contributed by atoms with Crippen LogP contribution in [0.25, 0.3) is 10.2 Å². The number of benzene rings is 2. The second kappa shape index (κ2) is 10.1. The summed E-state index contributed by atoms with van der Waals surface area (Å²) in [6.07, 6.45) is 1.97. The Labute approximate surface area is 221 Å². The van der Waals surface area contributed by atoms with Gasteiger partial charge in [0.15, 0.2) is 5.13 Å². The third kappa shape index (κ3) is 5.13. The maximum Gasteiger partial charge on any atom is 0.246 e. The standard InChI is InChI=1S/C25H22ClF2N3O4S2/c1-15-11-17(26)12-21-23(15)29-25(36-21)31(14-19-3-2-10-35-19)24(32)16-6-8-30(9-7-16)37(33,34)22-13-18(27)4-5-20(22)28/h2-5,10-13,16H,6-9,14H2,1H3. The monoisotopic (exact) mass is 565 g/mol. The Morgan fingerprint density at radius 3 is 2.68 bits per heavy atom. The molecule has 1 aliphatic heterocycles. The molecule has 4 aromatic rings. The van der Waals surface area contributed by atoms with Gasteiger partial charge in [0.1, 0.15) is 22.3 Å². The third-order valence-corrected chi connectivity index (χ3v) is 9.50. The number of aromatic nitrogens is 1. The molecule has 3 heterocycles. The number of anilines is 1. The van der Waals surface area contributed by atoms with Crippen LogP contribution < -0.4 is 4.90 Å². The lowest BCUT2D eigenvalue weighted by molar-refractivity contribution is -0.123. The van der Waals surface area contributed by atoms with Gasteiger partial charge in [0.25, 0.3) is 0 Å². The van der Waals surface area contributed by atoms with E-state index in [9.17, 15) is 22.0 Å². The number of thiazole rings is 1. The number of piperidine rings is 1. The van der Waals surface area contributed by atoms with Gasteiger partial charge in [-0.2, -0.15) is 4.31 Å². The van der Waals surface area contributed by atoms with Crippen LogP contribution in [0.15, 0.2) is 58.0 Å². The topological polar surface area (TPSA) is 83.7 Å². The number of halogens is 3. The Morgan fingerprint density at radius 2 is 1.97 bits per heavy atom. The molecule has 2 aromatic heterocycles. The minimum Gasteiger partial charge on any atom is -0.467 e. The zero-order chi connectivity index (χ0) is 26.3. The van der Waals surface area contributed by atoms with E-state index in [0.717, 1.165) is 32.2 Å². The molecular formula is C25H22ClF2N3O4S2. The van der Waals surface area contributed by atoms with Gasteiger partial charge in [-0.05, 0) is 67.8 Å². The molecule has 37 heavy (non-hydrogen) atoms. The molecule has 1 fully saturated rings. The number of furan rings is 1. The molecule has 0 saturated carbocycles. The Morgan fingerprint density at radius 1 is 1.22 bits per heavy atom. The second-order valence-electron chi connectivity index (χ2n) is 8.82. The SMILES string of the molecule is Cc1cc(Cl)cc2sc(N(Cc3ccco3)C(=O)C3CCN(S(=O)(=O)c4cc(F)ccc4F)CC3)nc12. The first-order valence-corrected chi connectivity index (χ1v) is 14.1. The molecule has 0 bridgehead atoms. The number of amides is 1. The zero-order valence-electron chi connectivity index (χ0n) is 19.7. The number of nitrogens with zero attached hydrogens (tertiary/aromatic N) is 3. The van der Waals surface area contributed by atoms with Crippen molar-refractivity contribution in [3.8, 4) is 0 Å². The molecule has 0 atom stereocenters. The molecule has 0 aliphatic carbocycles. The van der Waals surface area contributed by atoms with Crippen molar-refractivity contribution < 1.29 is 26.4 Å². The molecule has 2 aromatic carbocycles. The minimum atomic E-state index is -4.25. The number of fused-ring (bicyclic) bond motifs is 1. The van der Waals surface area contributed by atoms with E-state index in [2.05, 4.69) is 0 Å². The number of carbonyl (C=O) groups is 1. The number of hydrogen-bond donors (Lipinski definition) is 0. The summed E-state index contributed by atoms with van der Waals surface area (Å²) in [7, 11) is -4.25. The Balaban J connectivity index is 1.39. The average Bonchev–Trinajstić information content (AvgIpc) is 3.53. The molecule has 5 rings (SSSR count). The van der Waals surface area contributed by atoms with Gasteiger partial charge in [0.2, 0.25) is 15.9 Å². The molecular weight excluding hydrogens is 544 g/mol. The third-order valence-electron chi connectivity index (χ3n) is 6.34. The Kier molecular flexibility index (Phi) is 7.06. The van der Waals surface area contributed by atoms with Crippen molar-refractivity contribution in [2.75, 3.05) is 18.0 Å². The van der Waals surface area contributed by atoms with E-state index in [-0.39, 0.29) is 38.4 Å². The van der Waals surface area contributed by atoms with Gasteiger partial charge in [-0.3, -0.25) is 9.69 Å². The first kappa shape index (κ1) is 25.8. The summed E-state index contributed by atoms with van der Waals surface area (Å²) >= 11 is 7.55. The van der Waals surface area contributed by atoms with Crippen LogP contribution in [0.3, 0.4) is 0 Å². The molecule has 1 amide bonds. The lowest BCUT2D eigenvalue weighted by atomic mass is 9.96. The van der Waals surface area contributed by atoms with Crippen LogP contribution in [0.1, 0.15) is 24.2 Å². The highest BCUT2D eigenvalue weighted by molar-refractivity contribution is 7.89. The van der Waals surface area contributed by atoms with Crippen LogP contribution in [0, 0.1) is 24.5 Å². The maximum absolute atomic E-state index is 14.2. The number of hydrogen-bond acceptors (Lipinski definition) is 6. The molecule has 1 aliphatic rings. The van der Waals surface area contributed by atoms with Gasteiger partial charge in [0.05, 0.1) is 23.0 Å². The lowest BCUT2D eigenvalue weighted by Gasteiger charge is -2.32. The molecule has 1 saturated heterocycles. The van der Waals surface area contributed by atoms with E-state index in [4.69, 9.17) is 21.0 Å². The molecule has 0 N–H and O–H groups in total. The van der Waals surface area contributed by atoms with E-state index in [1.54, 1.807) is 23.1 Å². The van der Waals surface area contributed by atoms with Crippen molar-refractivity contribution in [3.05, 3.63) is 76.7 Å². The highest BCUT2D eigenvalue weighted by Crippen LogP contribution is 2.35. The van der Waals surface area contributed by atoms with Crippen molar-refractivity contribution >= 4 is 54.2 Å². The van der Waals surface area contributed by atoms with Crippen LogP contribution in [-0.2, 0) is 21.4 Å². The quantitative estimate of drug-likeness (QED) is 0.297. The molecule has 0 unspecified atom stereocenters. The summed E-state index contributed by atoms with van der Waals surface area (Å²) in [6.45, 7) is 2.05. The minimum absolute atomic E-state index is 0.00214. The Hall–Kier alpha value is -2.86. The smallest absolute Gasteiger partial charge is 0.246 e. The van der Waals surface area contributed by atoms with Gasteiger partial charge in [-0.1, -0.05) is 22.9 Å². The fraction of sp³-hybridized carbons (Fsp3) is 0.280. The number of carbonyl (C=O) groups excluding carboxylic acids is 1. The fourth-order valence-corrected chi connectivity index (χ4v) is 7.40. The van der Waals surface area contributed by atoms with E-state index in [1.807, 2.05) is 13.0 Å². The van der Waals surface area contributed by atoms with Gasteiger partial charge >= 0.3 is 0 Å². The summed E-state index contributed by atoms with van der Waals surface area (Å²) in [4.78, 5) is 19.3. The zero-order valence-corrected chi connectivity index (χ0v) is 22.0. The highest BCUT2D eigenvalue weighted by atomic mass is 35.5. The van der Waals surface area contributed by atoms with Gasteiger partial charge in [-0.25, -0.2) is 22.2 Å². The summed E-state index contributed by atoms with van der Waals surface area (Å²) in [5.74, 6) is -1.99. The van der Waals surface area contributed by atoms with Crippen LogP contribution in [0.5, 0.6) is 0 Å². The van der Waals surface area contributed by atoms with Crippen LogP contribution in [0.4, 0.5) is 13.9 Å². The number of sulfonamides is 1. The average molecular weight is 566 g/mol. The molecule has 0 spiro atoms. The fourth-order valence-electron chi connectivity index (χ4n) is 4.43. The molecule has 7 nitrogen and oxygen atoms in total. The van der Waals surface area contributed by atoms with Crippen molar-refractivity contribution in [2.24, 2.45) is 5.92 Å². The molecule has 0 radical (unpaired) electrons. The van der Waals surface area contributed by atoms with Crippen molar-refractivity contribution in [1.29, 1.82) is 0 Å². The number of rotatable bonds is 6. The van der Waals surface area contributed by atoms with Crippen LogP contribution >= 0.6 is 22.9 Å². The summed E-state index contributed by atoms with van der Waals surface area (Å²) < 4.78 is 61.1. The van der Waals surface area contributed by atoms with Gasteiger partial charge in [-0.15, -0.1) is 0 Å². The Bertz CT molecular complexity index is 1570. The summed E-state index contributed by atoms with van der Waals surface area (Å²) in [5, 5.41) is 1.06. The van der Waals surface area contributed by atoms with E-state index in [1.165, 1.54) is 17.6 Å². The second-order valence-corrected chi connectivity index (χ2v) is 12.2. The van der Waals surface area contributed by atoms with Gasteiger partial charge in [0, 0.05) is 24.0 Å². The predicted octanol–water partition coefficient (Wildman–Crippen LogP) is 5.76. The first-order chi connectivity index (χ1) is 17.6. The maximum atomic E-state index is 14.2. The van der Waals surface area contributed by atoms with Crippen LogP contribution in [-0.4, -0.2) is 36.7 Å². The van der Waals surface area contributed by atoms with Crippen molar-refractivity contribution in [1.82, 2.24) is 9.29 Å². The van der Waals surface area contributed by atoms with Crippen LogP contribution in [0.2, 0.25) is 5.02 Å². The normalized spacial score (nSPS) is 15.4. The van der Waals surface area contributed by atoms with Crippen molar-refractivity contribution in [2.45, 2.75) is 31.2 Å².